The lowest BCUT2D eigenvalue weighted by Gasteiger charge is -2.34. The van der Waals surface area contributed by atoms with Crippen molar-refractivity contribution in [1.82, 2.24) is 19.8 Å². The van der Waals surface area contributed by atoms with Gasteiger partial charge >= 0.3 is 0 Å². The van der Waals surface area contributed by atoms with Gasteiger partial charge in [-0.05, 0) is 48.5 Å². The molecule has 0 aliphatic carbocycles. The maximum atomic E-state index is 15.1. The second-order valence-corrected chi connectivity index (χ2v) is 9.06. The van der Waals surface area contributed by atoms with E-state index in [0.29, 0.717) is 11.3 Å². The number of aromatic amines is 1. The zero-order chi connectivity index (χ0) is 23.8. The Morgan fingerprint density at radius 3 is 2.35 bits per heavy atom. The largest absolute Gasteiger partial charge is 0.367 e. The molecule has 6 nitrogen and oxygen atoms in total. The summed E-state index contributed by atoms with van der Waals surface area (Å²) in [6, 6.07) is 15.0. The maximum absolute atomic E-state index is 15.1. The molecular weight excluding hydrogens is 429 g/mol. The van der Waals surface area contributed by atoms with Crippen molar-refractivity contribution in [3.8, 4) is 22.3 Å². The van der Waals surface area contributed by atoms with Crippen molar-refractivity contribution in [2.75, 3.05) is 52.2 Å². The molecule has 2 aromatic heterocycles. The van der Waals surface area contributed by atoms with Gasteiger partial charge in [0.1, 0.15) is 11.5 Å². The predicted octanol–water partition coefficient (Wildman–Crippen LogP) is 4.49. The molecule has 0 saturated carbocycles. The highest BCUT2D eigenvalue weighted by atomic mass is 19.1. The fourth-order valence-electron chi connectivity index (χ4n) is 4.44. The van der Waals surface area contributed by atoms with Gasteiger partial charge in [0.2, 0.25) is 0 Å². The first-order chi connectivity index (χ1) is 16.4. The molecule has 4 aromatic rings. The summed E-state index contributed by atoms with van der Waals surface area (Å²) in [5.74, 6) is -0.242. The fraction of sp³-hybridized carbons (Fsp3) is 0.259. The summed E-state index contributed by atoms with van der Waals surface area (Å²) in [6.07, 6.45) is 3.69. The molecular formula is C27H28FN5O. The van der Waals surface area contributed by atoms with Gasteiger partial charge in [0.25, 0.3) is 5.91 Å². The van der Waals surface area contributed by atoms with Gasteiger partial charge in [0.05, 0.1) is 5.69 Å². The second kappa shape index (κ2) is 8.91. The molecule has 1 fully saturated rings. The third kappa shape index (κ3) is 4.15. The number of H-pyrrole nitrogens is 1. The number of halogens is 1. The van der Waals surface area contributed by atoms with E-state index in [-0.39, 0.29) is 11.7 Å². The number of fused-ring (bicyclic) bond motifs is 1. The van der Waals surface area contributed by atoms with Crippen LogP contribution in [0.1, 0.15) is 10.4 Å². The molecule has 0 radical (unpaired) electrons. The average molecular weight is 458 g/mol. The zero-order valence-electron chi connectivity index (χ0n) is 19.7. The van der Waals surface area contributed by atoms with Gasteiger partial charge in [-0.25, -0.2) is 9.37 Å². The molecule has 1 saturated heterocycles. The normalized spacial score (nSPS) is 14.5. The second-order valence-electron chi connectivity index (χ2n) is 9.06. The summed E-state index contributed by atoms with van der Waals surface area (Å²) in [5.41, 5.74) is 5.69. The predicted molar refractivity (Wildman–Crippen MR) is 135 cm³/mol. The van der Waals surface area contributed by atoms with Crippen molar-refractivity contribution < 1.29 is 9.18 Å². The third-order valence-electron chi connectivity index (χ3n) is 6.51. The molecule has 2 aromatic carbocycles. The Balaban J connectivity index is 1.45. The number of carbonyl (C=O) groups excluding carboxylic acids is 1. The molecule has 3 heterocycles. The number of likely N-dealkylation sites (N-methyl/N-ethyl adjacent to an activating group) is 1. The van der Waals surface area contributed by atoms with Gasteiger partial charge in [-0.1, -0.05) is 18.2 Å². The lowest BCUT2D eigenvalue weighted by atomic mass is 10.0. The Morgan fingerprint density at radius 1 is 0.971 bits per heavy atom. The first kappa shape index (κ1) is 22.1. The van der Waals surface area contributed by atoms with E-state index in [2.05, 4.69) is 26.8 Å². The van der Waals surface area contributed by atoms with E-state index in [4.69, 9.17) is 0 Å². The summed E-state index contributed by atoms with van der Waals surface area (Å²) in [6.45, 7) is 3.52. The molecule has 0 spiro atoms. The number of benzene rings is 2. The van der Waals surface area contributed by atoms with Crippen LogP contribution in [0.2, 0.25) is 0 Å². The maximum Gasteiger partial charge on any atom is 0.253 e. The van der Waals surface area contributed by atoms with Crippen LogP contribution in [0.15, 0.2) is 60.9 Å². The van der Waals surface area contributed by atoms with Crippen molar-refractivity contribution in [3.63, 3.8) is 0 Å². The number of rotatable bonds is 4. The van der Waals surface area contributed by atoms with E-state index in [1.54, 1.807) is 31.3 Å². The van der Waals surface area contributed by atoms with E-state index in [9.17, 15) is 4.79 Å². The van der Waals surface area contributed by atoms with E-state index < -0.39 is 0 Å². The highest BCUT2D eigenvalue weighted by molar-refractivity contribution is 5.98. The summed E-state index contributed by atoms with van der Waals surface area (Å²) in [4.78, 5) is 25.9. The van der Waals surface area contributed by atoms with Crippen LogP contribution in [0.5, 0.6) is 0 Å². The number of nitrogens with zero attached hydrogens (tertiary/aromatic N) is 4. The van der Waals surface area contributed by atoms with E-state index in [0.717, 1.165) is 59.5 Å². The minimum atomic E-state index is -0.211. The van der Waals surface area contributed by atoms with Crippen LogP contribution in [0, 0.1) is 5.82 Å². The van der Waals surface area contributed by atoms with Crippen molar-refractivity contribution >= 4 is 22.6 Å². The van der Waals surface area contributed by atoms with Crippen LogP contribution in [0.25, 0.3) is 33.3 Å². The highest BCUT2D eigenvalue weighted by Crippen LogP contribution is 2.33. The Morgan fingerprint density at radius 2 is 1.68 bits per heavy atom. The third-order valence-corrected chi connectivity index (χ3v) is 6.51. The minimum Gasteiger partial charge on any atom is -0.367 e. The van der Waals surface area contributed by atoms with Gasteiger partial charge in [0, 0.05) is 74.7 Å². The molecule has 174 valence electrons. The SMILES string of the molecule is CN1CCN(c2ccc(-c3cnc4[nH]cc(-c5ccc(C(=O)N(C)C)cc5)c4c3)cc2F)CC1. The topological polar surface area (TPSA) is 55.5 Å². The molecule has 1 aliphatic rings. The number of anilines is 1. The number of piperazine rings is 1. The van der Waals surface area contributed by atoms with E-state index >= 15 is 4.39 Å². The van der Waals surface area contributed by atoms with Gasteiger partial charge in [-0.2, -0.15) is 0 Å². The first-order valence-electron chi connectivity index (χ1n) is 11.4. The molecule has 1 aliphatic heterocycles. The first-order valence-corrected chi connectivity index (χ1v) is 11.4. The molecule has 34 heavy (non-hydrogen) atoms. The lowest BCUT2D eigenvalue weighted by Crippen LogP contribution is -2.44. The number of aromatic nitrogens is 2. The lowest BCUT2D eigenvalue weighted by molar-refractivity contribution is 0.0827. The quantitative estimate of drug-likeness (QED) is 0.491. The van der Waals surface area contributed by atoms with Crippen molar-refractivity contribution in [2.45, 2.75) is 0 Å². The molecule has 5 rings (SSSR count). The van der Waals surface area contributed by atoms with Gasteiger partial charge < -0.3 is 19.7 Å². The van der Waals surface area contributed by atoms with Gasteiger partial charge in [0.15, 0.2) is 0 Å². The van der Waals surface area contributed by atoms with Crippen LogP contribution in [-0.4, -0.2) is 73.0 Å². The average Bonchev–Trinajstić information content (AvgIpc) is 3.27. The van der Waals surface area contributed by atoms with Crippen molar-refractivity contribution in [3.05, 3.63) is 72.3 Å². The Hall–Kier alpha value is -3.71. The van der Waals surface area contributed by atoms with E-state index in [1.165, 1.54) is 0 Å². The summed E-state index contributed by atoms with van der Waals surface area (Å²) in [5, 5.41) is 0.952. The van der Waals surface area contributed by atoms with E-state index in [1.807, 2.05) is 48.7 Å². The molecule has 0 atom stereocenters. The zero-order valence-corrected chi connectivity index (χ0v) is 19.7. The number of hydrogen-bond donors (Lipinski definition) is 1. The van der Waals surface area contributed by atoms with Crippen LogP contribution in [-0.2, 0) is 0 Å². The number of nitrogens with one attached hydrogen (secondary N) is 1. The molecule has 0 unspecified atom stereocenters. The Kier molecular flexibility index (Phi) is 5.79. The van der Waals surface area contributed by atoms with Gasteiger partial charge in [-0.15, -0.1) is 0 Å². The molecule has 1 N–H and O–H groups in total. The number of hydrogen-bond acceptors (Lipinski definition) is 4. The van der Waals surface area contributed by atoms with Crippen LogP contribution < -0.4 is 4.90 Å². The smallest absolute Gasteiger partial charge is 0.253 e. The fourth-order valence-corrected chi connectivity index (χ4v) is 4.44. The van der Waals surface area contributed by atoms with Crippen LogP contribution >= 0.6 is 0 Å². The summed E-state index contributed by atoms with van der Waals surface area (Å²) < 4.78 is 15.1. The minimum absolute atomic E-state index is 0.0310. The van der Waals surface area contributed by atoms with Crippen LogP contribution in [0.4, 0.5) is 10.1 Å². The molecule has 7 heteroatoms. The summed E-state index contributed by atoms with van der Waals surface area (Å²) in [7, 11) is 5.57. The number of pyridine rings is 1. The Labute approximate surface area is 198 Å². The standard InChI is InChI=1S/C27H28FN5O/c1-31(2)27(34)19-6-4-18(5-7-19)23-17-30-26-22(23)14-21(16-29-26)20-8-9-25(24(28)15-20)33-12-10-32(3)11-13-33/h4-9,14-17H,10-13H2,1-3H3,(H,29,30). The molecule has 0 bridgehead atoms. The monoisotopic (exact) mass is 457 g/mol. The van der Waals surface area contributed by atoms with Crippen molar-refractivity contribution in [1.29, 1.82) is 0 Å². The molecule has 1 amide bonds. The van der Waals surface area contributed by atoms with Gasteiger partial charge in [-0.3, -0.25) is 4.79 Å². The number of carbonyl (C=O) groups is 1. The Bertz CT molecular complexity index is 1340. The number of amides is 1. The van der Waals surface area contributed by atoms with Crippen LogP contribution in [0.3, 0.4) is 0 Å². The highest BCUT2D eigenvalue weighted by Gasteiger charge is 2.18. The van der Waals surface area contributed by atoms with Crippen molar-refractivity contribution in [2.24, 2.45) is 0 Å². The summed E-state index contributed by atoms with van der Waals surface area (Å²) >= 11 is 0.